The molecule has 1 saturated heterocycles. The zero-order valence-corrected chi connectivity index (χ0v) is 14.3. The van der Waals surface area contributed by atoms with Gasteiger partial charge in [-0.25, -0.2) is 0 Å². The van der Waals surface area contributed by atoms with E-state index in [-0.39, 0.29) is 12.1 Å². The van der Waals surface area contributed by atoms with Crippen LogP contribution in [0.2, 0.25) is 5.02 Å². The van der Waals surface area contributed by atoms with Gasteiger partial charge in [-0.3, -0.25) is 4.68 Å². The summed E-state index contributed by atoms with van der Waals surface area (Å²) in [5.41, 5.74) is 2.17. The minimum Gasteiger partial charge on any atom is -0.373 e. The Balaban J connectivity index is 1.84. The first-order valence-corrected chi connectivity index (χ1v) is 8.38. The summed E-state index contributed by atoms with van der Waals surface area (Å²) in [6, 6.07) is 8.02. The molecule has 1 aliphatic rings. The van der Waals surface area contributed by atoms with Crippen LogP contribution >= 0.6 is 11.6 Å². The molecule has 2 aromatic rings. The molecule has 2 atom stereocenters. The molecule has 1 aromatic carbocycles. The van der Waals surface area contributed by atoms with Crippen LogP contribution in [0.1, 0.15) is 18.5 Å². The number of aromatic nitrogens is 2. The number of hydrogen-bond donors (Lipinski definition) is 1. The molecule has 0 aliphatic carbocycles. The Kier molecular flexibility index (Phi) is 5.20. The van der Waals surface area contributed by atoms with Crippen LogP contribution in [0.15, 0.2) is 36.7 Å². The normalized spacial score (nSPS) is 20.4. The second-order valence-corrected chi connectivity index (χ2v) is 6.37. The maximum atomic E-state index is 6.04. The van der Waals surface area contributed by atoms with Crippen molar-refractivity contribution in [3.05, 3.63) is 47.2 Å². The summed E-state index contributed by atoms with van der Waals surface area (Å²) in [5, 5.41) is 8.66. The molecule has 6 heteroatoms. The lowest BCUT2D eigenvalue weighted by Crippen LogP contribution is -2.44. The predicted molar refractivity (Wildman–Crippen MR) is 93.0 cm³/mol. The first kappa shape index (κ1) is 16.3. The van der Waals surface area contributed by atoms with Gasteiger partial charge in [0, 0.05) is 30.9 Å². The van der Waals surface area contributed by atoms with E-state index in [4.69, 9.17) is 16.3 Å². The number of aryl methyl sites for hydroxylation is 1. The SMILES string of the molecule is CCn1cc(N[C@@H](c2ccc(Cl)cc2)[C@H]2CN(C)CCO2)cn1. The van der Waals surface area contributed by atoms with E-state index in [1.807, 2.05) is 29.2 Å². The summed E-state index contributed by atoms with van der Waals surface area (Å²) in [4.78, 5) is 2.30. The van der Waals surface area contributed by atoms with E-state index in [0.717, 1.165) is 37.0 Å². The van der Waals surface area contributed by atoms with Crippen molar-refractivity contribution in [3.63, 3.8) is 0 Å². The van der Waals surface area contributed by atoms with Crippen LogP contribution in [0, 0.1) is 0 Å². The molecule has 0 unspecified atom stereocenters. The lowest BCUT2D eigenvalue weighted by Gasteiger charge is -2.36. The summed E-state index contributed by atoms with van der Waals surface area (Å²) < 4.78 is 7.95. The molecule has 23 heavy (non-hydrogen) atoms. The third-order valence-electron chi connectivity index (χ3n) is 4.18. The number of halogens is 1. The van der Waals surface area contributed by atoms with Gasteiger partial charge in [0.15, 0.2) is 0 Å². The van der Waals surface area contributed by atoms with E-state index in [9.17, 15) is 0 Å². The number of morpholine rings is 1. The second-order valence-electron chi connectivity index (χ2n) is 5.93. The first-order chi connectivity index (χ1) is 11.2. The minimum atomic E-state index is 0.0597. The summed E-state index contributed by atoms with van der Waals surface area (Å²) in [6.45, 7) is 5.55. The lowest BCUT2D eigenvalue weighted by molar-refractivity contribution is -0.0291. The van der Waals surface area contributed by atoms with E-state index in [1.54, 1.807) is 0 Å². The third-order valence-corrected chi connectivity index (χ3v) is 4.43. The molecule has 0 amide bonds. The van der Waals surface area contributed by atoms with Gasteiger partial charge in [0.1, 0.15) is 0 Å². The molecule has 124 valence electrons. The molecule has 0 bridgehead atoms. The highest BCUT2D eigenvalue weighted by atomic mass is 35.5. The summed E-state index contributed by atoms with van der Waals surface area (Å²) in [7, 11) is 2.13. The van der Waals surface area contributed by atoms with Crippen molar-refractivity contribution in [2.45, 2.75) is 25.6 Å². The van der Waals surface area contributed by atoms with Crippen molar-refractivity contribution in [1.82, 2.24) is 14.7 Å². The largest absolute Gasteiger partial charge is 0.373 e. The Bertz CT molecular complexity index is 628. The van der Waals surface area contributed by atoms with Crippen LogP contribution in [-0.4, -0.2) is 47.5 Å². The lowest BCUT2D eigenvalue weighted by atomic mass is 10.00. The minimum absolute atomic E-state index is 0.0597. The molecular formula is C17H23ClN4O. The zero-order valence-electron chi connectivity index (χ0n) is 13.6. The van der Waals surface area contributed by atoms with Crippen LogP contribution in [0.3, 0.4) is 0 Å². The molecule has 0 radical (unpaired) electrons. The molecular weight excluding hydrogens is 312 g/mol. The number of anilines is 1. The number of likely N-dealkylation sites (N-methyl/N-ethyl adjacent to an activating group) is 1. The van der Waals surface area contributed by atoms with E-state index in [2.05, 4.69) is 41.4 Å². The fraction of sp³-hybridized carbons (Fsp3) is 0.471. The van der Waals surface area contributed by atoms with Crippen molar-refractivity contribution >= 4 is 17.3 Å². The number of rotatable bonds is 5. The van der Waals surface area contributed by atoms with Gasteiger partial charge in [-0.05, 0) is 31.7 Å². The Hall–Kier alpha value is -1.56. The summed E-state index contributed by atoms with van der Waals surface area (Å²) in [5.74, 6) is 0. The molecule has 1 N–H and O–H groups in total. The molecule has 2 heterocycles. The third kappa shape index (κ3) is 4.05. The van der Waals surface area contributed by atoms with Gasteiger partial charge in [0.05, 0.1) is 30.6 Å². The second kappa shape index (κ2) is 7.34. The number of ether oxygens (including phenoxy) is 1. The molecule has 0 spiro atoms. The first-order valence-electron chi connectivity index (χ1n) is 8.00. The number of hydrogen-bond acceptors (Lipinski definition) is 4. The van der Waals surface area contributed by atoms with Crippen LogP contribution < -0.4 is 5.32 Å². The van der Waals surface area contributed by atoms with E-state index < -0.39 is 0 Å². The maximum absolute atomic E-state index is 6.04. The van der Waals surface area contributed by atoms with Crippen molar-refractivity contribution < 1.29 is 4.74 Å². The van der Waals surface area contributed by atoms with Gasteiger partial charge in [-0.15, -0.1) is 0 Å². The Morgan fingerprint density at radius 2 is 2.17 bits per heavy atom. The van der Waals surface area contributed by atoms with Gasteiger partial charge in [-0.1, -0.05) is 23.7 Å². The monoisotopic (exact) mass is 334 g/mol. The van der Waals surface area contributed by atoms with E-state index >= 15 is 0 Å². The number of nitrogens with one attached hydrogen (secondary N) is 1. The molecule has 1 aromatic heterocycles. The summed E-state index contributed by atoms with van der Waals surface area (Å²) >= 11 is 6.03. The van der Waals surface area contributed by atoms with Crippen molar-refractivity contribution in [3.8, 4) is 0 Å². The molecule has 1 fully saturated rings. The topological polar surface area (TPSA) is 42.3 Å². The van der Waals surface area contributed by atoms with Crippen molar-refractivity contribution in [2.75, 3.05) is 32.1 Å². The van der Waals surface area contributed by atoms with Gasteiger partial charge in [0.2, 0.25) is 0 Å². The Morgan fingerprint density at radius 1 is 1.39 bits per heavy atom. The standard InChI is InChI=1S/C17H23ClN4O/c1-3-22-11-15(10-19-22)20-17(13-4-6-14(18)7-5-13)16-12-21(2)8-9-23-16/h4-7,10-11,16-17,20H,3,8-9,12H2,1-2H3/t16-,17+/m1/s1. The molecule has 0 saturated carbocycles. The average molecular weight is 335 g/mol. The number of nitrogens with zero attached hydrogens (tertiary/aromatic N) is 3. The van der Waals surface area contributed by atoms with Gasteiger partial charge in [0.25, 0.3) is 0 Å². The van der Waals surface area contributed by atoms with Gasteiger partial charge < -0.3 is 15.0 Å². The van der Waals surface area contributed by atoms with Crippen molar-refractivity contribution in [1.29, 1.82) is 0 Å². The van der Waals surface area contributed by atoms with E-state index in [1.165, 1.54) is 5.56 Å². The quantitative estimate of drug-likeness (QED) is 0.912. The maximum Gasteiger partial charge on any atom is 0.0945 e. The van der Waals surface area contributed by atoms with Crippen molar-refractivity contribution in [2.24, 2.45) is 0 Å². The fourth-order valence-corrected chi connectivity index (χ4v) is 2.99. The average Bonchev–Trinajstić information content (AvgIpc) is 3.01. The number of benzene rings is 1. The predicted octanol–water partition coefficient (Wildman–Crippen LogP) is 3.04. The highest BCUT2D eigenvalue weighted by Crippen LogP contribution is 2.27. The van der Waals surface area contributed by atoms with Crippen LogP contribution in [0.5, 0.6) is 0 Å². The van der Waals surface area contributed by atoms with E-state index in [0.29, 0.717) is 0 Å². The Labute approximate surface area is 142 Å². The molecule has 3 rings (SSSR count). The summed E-state index contributed by atoms with van der Waals surface area (Å²) in [6.07, 6.45) is 3.97. The molecule has 1 aliphatic heterocycles. The van der Waals surface area contributed by atoms with Crippen LogP contribution in [-0.2, 0) is 11.3 Å². The van der Waals surface area contributed by atoms with Crippen LogP contribution in [0.4, 0.5) is 5.69 Å². The van der Waals surface area contributed by atoms with Gasteiger partial charge >= 0.3 is 0 Å². The highest BCUT2D eigenvalue weighted by molar-refractivity contribution is 6.30. The fourth-order valence-electron chi connectivity index (χ4n) is 2.86. The zero-order chi connectivity index (χ0) is 16.2. The highest BCUT2D eigenvalue weighted by Gasteiger charge is 2.28. The van der Waals surface area contributed by atoms with Crippen LogP contribution in [0.25, 0.3) is 0 Å². The van der Waals surface area contributed by atoms with Gasteiger partial charge in [-0.2, -0.15) is 5.10 Å². The Morgan fingerprint density at radius 3 is 2.83 bits per heavy atom. The molecule has 5 nitrogen and oxygen atoms in total. The smallest absolute Gasteiger partial charge is 0.0945 e.